The van der Waals surface area contributed by atoms with Crippen molar-refractivity contribution in [3.05, 3.63) is 59.7 Å². The van der Waals surface area contributed by atoms with E-state index in [1.807, 2.05) is 0 Å². The number of anilines is 2. The van der Waals surface area contributed by atoms with Gasteiger partial charge in [0.15, 0.2) is 0 Å². The Morgan fingerprint density at radius 1 is 1.07 bits per heavy atom. The number of carbonyl (C=O) groups excluding carboxylic acids is 2. The molecular formula is C24H29N3O3. The summed E-state index contributed by atoms with van der Waals surface area (Å²) in [5.74, 6) is -0.131. The molecule has 2 aromatic rings. The summed E-state index contributed by atoms with van der Waals surface area (Å²) < 4.78 is 4.95. The van der Waals surface area contributed by atoms with Gasteiger partial charge >= 0.3 is 6.09 Å². The molecule has 6 heteroatoms. The van der Waals surface area contributed by atoms with Crippen LogP contribution in [0.25, 0.3) is 0 Å². The molecule has 1 saturated heterocycles. The van der Waals surface area contributed by atoms with Crippen LogP contribution in [0.3, 0.4) is 0 Å². The van der Waals surface area contributed by atoms with Gasteiger partial charge in [0.25, 0.3) is 5.91 Å². The van der Waals surface area contributed by atoms with E-state index >= 15 is 0 Å². The quantitative estimate of drug-likeness (QED) is 0.774. The van der Waals surface area contributed by atoms with Gasteiger partial charge in [-0.1, -0.05) is 31.4 Å². The van der Waals surface area contributed by atoms with Crippen molar-refractivity contribution in [2.24, 2.45) is 0 Å². The molecule has 0 radical (unpaired) electrons. The van der Waals surface area contributed by atoms with E-state index in [1.165, 1.54) is 37.8 Å². The molecule has 2 aliphatic rings. The van der Waals surface area contributed by atoms with E-state index in [-0.39, 0.29) is 12.0 Å². The van der Waals surface area contributed by atoms with Crippen molar-refractivity contribution < 1.29 is 14.3 Å². The Bertz CT molecular complexity index is 874. The standard InChI is InChI=1S/C24H29N3O3/c1-26(20-5-3-2-4-6-20)21-11-7-18(8-12-21)17-25-23(28)19-9-13-22(14-10-19)27-15-16-30-24(27)29/h7-14,20H,2-6,15-17H2,1H3,(H,25,28). The Balaban J connectivity index is 1.30. The summed E-state index contributed by atoms with van der Waals surface area (Å²) in [4.78, 5) is 28.1. The zero-order chi connectivity index (χ0) is 20.9. The van der Waals surface area contributed by atoms with E-state index in [1.54, 1.807) is 29.2 Å². The maximum atomic E-state index is 12.5. The van der Waals surface area contributed by atoms with Crippen molar-refractivity contribution in [1.29, 1.82) is 0 Å². The van der Waals surface area contributed by atoms with Gasteiger partial charge in [-0.15, -0.1) is 0 Å². The molecule has 1 saturated carbocycles. The average Bonchev–Trinajstić information content (AvgIpc) is 3.24. The van der Waals surface area contributed by atoms with E-state index < -0.39 is 0 Å². The minimum absolute atomic E-state index is 0.131. The van der Waals surface area contributed by atoms with Crippen LogP contribution < -0.4 is 15.1 Å². The molecule has 2 aromatic carbocycles. The summed E-state index contributed by atoms with van der Waals surface area (Å²) in [7, 11) is 2.18. The summed E-state index contributed by atoms with van der Waals surface area (Å²) in [5, 5.41) is 2.97. The second kappa shape index (κ2) is 9.20. The second-order valence-corrected chi connectivity index (χ2v) is 8.06. The molecule has 1 aliphatic carbocycles. The fourth-order valence-electron chi connectivity index (χ4n) is 4.23. The van der Waals surface area contributed by atoms with E-state index in [9.17, 15) is 9.59 Å². The molecule has 1 heterocycles. The Kier molecular flexibility index (Phi) is 6.21. The maximum Gasteiger partial charge on any atom is 0.414 e. The molecule has 2 fully saturated rings. The third-order valence-electron chi connectivity index (χ3n) is 6.12. The molecule has 1 aliphatic heterocycles. The van der Waals surface area contributed by atoms with E-state index in [2.05, 4.69) is 41.5 Å². The van der Waals surface area contributed by atoms with Crippen LogP contribution in [0, 0.1) is 0 Å². The van der Waals surface area contributed by atoms with Gasteiger partial charge < -0.3 is 15.0 Å². The number of nitrogens with one attached hydrogen (secondary N) is 1. The van der Waals surface area contributed by atoms with Crippen LogP contribution in [-0.4, -0.2) is 38.2 Å². The molecule has 0 spiro atoms. The Morgan fingerprint density at radius 3 is 2.40 bits per heavy atom. The number of nitrogens with zero attached hydrogens (tertiary/aromatic N) is 2. The van der Waals surface area contributed by atoms with E-state index in [4.69, 9.17) is 4.74 Å². The first-order valence-corrected chi connectivity index (χ1v) is 10.8. The fourth-order valence-corrected chi connectivity index (χ4v) is 4.23. The molecule has 2 amide bonds. The number of cyclic esters (lactones) is 1. The molecular weight excluding hydrogens is 378 g/mol. The number of hydrogen-bond acceptors (Lipinski definition) is 4. The molecule has 30 heavy (non-hydrogen) atoms. The van der Waals surface area contributed by atoms with Crippen molar-refractivity contribution in [3.63, 3.8) is 0 Å². The normalized spacial score (nSPS) is 17.0. The van der Waals surface area contributed by atoms with Crippen molar-refractivity contribution in [2.45, 2.75) is 44.7 Å². The average molecular weight is 408 g/mol. The SMILES string of the molecule is CN(c1ccc(CNC(=O)c2ccc(N3CCOC3=O)cc2)cc1)C1CCCCC1. The van der Waals surface area contributed by atoms with Crippen LogP contribution in [0.15, 0.2) is 48.5 Å². The monoisotopic (exact) mass is 407 g/mol. The van der Waals surface area contributed by atoms with Gasteiger partial charge in [-0.25, -0.2) is 4.79 Å². The lowest BCUT2D eigenvalue weighted by Gasteiger charge is -2.33. The second-order valence-electron chi connectivity index (χ2n) is 8.06. The topological polar surface area (TPSA) is 61.9 Å². The molecule has 0 aromatic heterocycles. The zero-order valence-electron chi connectivity index (χ0n) is 17.5. The predicted molar refractivity (Wildman–Crippen MR) is 118 cm³/mol. The smallest absolute Gasteiger partial charge is 0.414 e. The van der Waals surface area contributed by atoms with Gasteiger partial charge in [-0.2, -0.15) is 0 Å². The fraction of sp³-hybridized carbons (Fsp3) is 0.417. The largest absolute Gasteiger partial charge is 0.447 e. The first-order valence-electron chi connectivity index (χ1n) is 10.8. The van der Waals surface area contributed by atoms with Gasteiger partial charge in [-0.05, 0) is 54.8 Å². The summed E-state index contributed by atoms with van der Waals surface area (Å²) >= 11 is 0. The third kappa shape index (κ3) is 4.58. The zero-order valence-corrected chi connectivity index (χ0v) is 17.5. The van der Waals surface area contributed by atoms with Crippen LogP contribution in [0.1, 0.15) is 48.0 Å². The van der Waals surface area contributed by atoms with Crippen LogP contribution in [0.5, 0.6) is 0 Å². The highest BCUT2D eigenvalue weighted by molar-refractivity contribution is 5.95. The molecule has 158 valence electrons. The molecule has 1 N–H and O–H groups in total. The minimum atomic E-state index is -0.343. The van der Waals surface area contributed by atoms with Crippen molar-refractivity contribution in [2.75, 3.05) is 30.0 Å². The molecule has 4 rings (SSSR count). The van der Waals surface area contributed by atoms with Crippen molar-refractivity contribution >= 4 is 23.4 Å². The summed E-state index contributed by atoms with van der Waals surface area (Å²) in [6.45, 7) is 1.42. The lowest BCUT2D eigenvalue weighted by Crippen LogP contribution is -2.33. The number of ether oxygens (including phenoxy) is 1. The molecule has 0 unspecified atom stereocenters. The van der Waals surface area contributed by atoms with Gasteiger partial charge in [0.1, 0.15) is 6.61 Å². The highest BCUT2D eigenvalue weighted by Crippen LogP contribution is 2.26. The van der Waals surface area contributed by atoms with Gasteiger partial charge in [0.05, 0.1) is 6.54 Å². The molecule has 0 bridgehead atoms. The van der Waals surface area contributed by atoms with Crippen LogP contribution >= 0.6 is 0 Å². The van der Waals surface area contributed by atoms with Crippen LogP contribution in [0.2, 0.25) is 0 Å². The summed E-state index contributed by atoms with van der Waals surface area (Å²) in [6.07, 6.45) is 6.20. The Morgan fingerprint density at radius 2 is 1.77 bits per heavy atom. The number of benzene rings is 2. The van der Waals surface area contributed by atoms with Gasteiger partial charge in [0.2, 0.25) is 0 Å². The van der Waals surface area contributed by atoms with Crippen LogP contribution in [-0.2, 0) is 11.3 Å². The summed E-state index contributed by atoms with van der Waals surface area (Å²) in [5.41, 5.74) is 3.61. The lowest BCUT2D eigenvalue weighted by molar-refractivity contribution is 0.0951. The van der Waals surface area contributed by atoms with Crippen molar-refractivity contribution in [3.8, 4) is 0 Å². The van der Waals surface area contributed by atoms with E-state index in [0.29, 0.717) is 31.3 Å². The number of carbonyl (C=O) groups is 2. The predicted octanol–water partition coefficient (Wildman–Crippen LogP) is 4.34. The van der Waals surface area contributed by atoms with Gasteiger partial charge in [-0.3, -0.25) is 9.69 Å². The molecule has 6 nitrogen and oxygen atoms in total. The third-order valence-corrected chi connectivity index (χ3v) is 6.12. The number of hydrogen-bond donors (Lipinski definition) is 1. The number of amides is 2. The summed E-state index contributed by atoms with van der Waals surface area (Å²) in [6, 6.07) is 16.1. The number of rotatable bonds is 6. The highest BCUT2D eigenvalue weighted by atomic mass is 16.6. The Labute approximate surface area is 177 Å². The first-order chi connectivity index (χ1) is 14.6. The Hall–Kier alpha value is -3.02. The maximum absolute atomic E-state index is 12.5. The van der Waals surface area contributed by atoms with Crippen LogP contribution in [0.4, 0.5) is 16.2 Å². The minimum Gasteiger partial charge on any atom is -0.447 e. The lowest BCUT2D eigenvalue weighted by atomic mass is 9.94. The first kappa shape index (κ1) is 20.3. The van der Waals surface area contributed by atoms with Crippen molar-refractivity contribution in [1.82, 2.24) is 5.32 Å². The van der Waals surface area contributed by atoms with Gasteiger partial charge in [0, 0.05) is 36.6 Å². The highest BCUT2D eigenvalue weighted by Gasteiger charge is 2.23. The molecule has 0 atom stereocenters. The van der Waals surface area contributed by atoms with E-state index in [0.717, 1.165) is 11.3 Å².